The van der Waals surface area contributed by atoms with Crippen LogP contribution in [0.15, 0.2) is 36.7 Å². The minimum Gasteiger partial charge on any atom is -0.493 e. The first kappa shape index (κ1) is 18.8. The summed E-state index contributed by atoms with van der Waals surface area (Å²) in [7, 11) is 4.73. The monoisotopic (exact) mass is 393 g/mol. The summed E-state index contributed by atoms with van der Waals surface area (Å²) in [6.07, 6.45) is 2.48. The normalized spacial score (nSPS) is 12.5. The molecule has 0 amide bonds. The highest BCUT2D eigenvalue weighted by molar-refractivity contribution is 5.68. The molecule has 0 fully saturated rings. The number of fused-ring (bicyclic) bond motifs is 1. The quantitative estimate of drug-likeness (QED) is 0.680. The minimum atomic E-state index is 0.435. The first-order chi connectivity index (χ1) is 14.1. The molecule has 1 aromatic heterocycles. The van der Waals surface area contributed by atoms with Crippen LogP contribution in [0.4, 0.5) is 23.3 Å². The summed E-state index contributed by atoms with van der Waals surface area (Å²) in [6.45, 7) is 2.94. The first-order valence-corrected chi connectivity index (χ1v) is 9.26. The Morgan fingerprint density at radius 1 is 0.966 bits per heavy atom. The number of ether oxygens (including phenoxy) is 3. The van der Waals surface area contributed by atoms with Gasteiger partial charge >= 0.3 is 0 Å². The lowest BCUT2D eigenvalue weighted by Gasteiger charge is -2.18. The molecule has 1 aliphatic rings. The molecule has 2 aromatic carbocycles. The van der Waals surface area contributed by atoms with Crippen LogP contribution >= 0.6 is 0 Å². The number of methoxy groups -OCH3 is 3. The van der Waals surface area contributed by atoms with Crippen molar-refractivity contribution in [2.75, 3.05) is 38.1 Å². The third kappa shape index (κ3) is 3.61. The van der Waals surface area contributed by atoms with Crippen LogP contribution in [0.25, 0.3) is 0 Å². The molecule has 0 aliphatic carbocycles. The molecule has 4 rings (SSSR count). The number of rotatable bonds is 6. The van der Waals surface area contributed by atoms with Crippen LogP contribution in [-0.2, 0) is 6.42 Å². The highest BCUT2D eigenvalue weighted by Gasteiger charge is 2.23. The van der Waals surface area contributed by atoms with Crippen molar-refractivity contribution in [3.05, 3.63) is 47.8 Å². The summed E-state index contributed by atoms with van der Waals surface area (Å²) in [5.74, 6) is 2.67. The van der Waals surface area contributed by atoms with Gasteiger partial charge in [-0.3, -0.25) is 0 Å². The maximum absolute atomic E-state index is 5.40. The molecular formula is C21H23N5O3. The number of aromatic nitrogens is 3. The van der Waals surface area contributed by atoms with Crippen LogP contribution in [0.2, 0.25) is 0 Å². The number of hydrogen-bond donors (Lipinski definition) is 1. The Balaban J connectivity index is 1.63. The van der Waals surface area contributed by atoms with Gasteiger partial charge in [0.2, 0.25) is 17.6 Å². The van der Waals surface area contributed by atoms with E-state index in [0.717, 1.165) is 18.7 Å². The Morgan fingerprint density at radius 3 is 2.41 bits per heavy atom. The third-order valence-corrected chi connectivity index (χ3v) is 4.85. The predicted molar refractivity (Wildman–Crippen MR) is 111 cm³/mol. The van der Waals surface area contributed by atoms with E-state index in [1.54, 1.807) is 33.5 Å². The SMILES string of the molecule is COc1cc(Nc2ncnc(N3CCc4cc(C)ccc43)n2)cc(OC)c1OC. The summed E-state index contributed by atoms with van der Waals surface area (Å²) in [4.78, 5) is 15.3. The van der Waals surface area contributed by atoms with Crippen LogP contribution in [-0.4, -0.2) is 42.8 Å². The molecule has 29 heavy (non-hydrogen) atoms. The summed E-state index contributed by atoms with van der Waals surface area (Å²) in [6, 6.07) is 10.0. The van der Waals surface area contributed by atoms with Crippen molar-refractivity contribution >= 4 is 23.3 Å². The average Bonchev–Trinajstić information content (AvgIpc) is 3.16. The molecule has 150 valence electrons. The van der Waals surface area contributed by atoms with Crippen molar-refractivity contribution in [3.8, 4) is 17.2 Å². The lowest BCUT2D eigenvalue weighted by molar-refractivity contribution is 0.324. The van der Waals surface area contributed by atoms with Gasteiger partial charge in [0.1, 0.15) is 6.33 Å². The Hall–Kier alpha value is -3.55. The summed E-state index contributed by atoms with van der Waals surface area (Å²) in [5, 5.41) is 3.20. The Kier molecular flexibility index (Phi) is 5.07. The molecule has 2 heterocycles. The number of hydrogen-bond acceptors (Lipinski definition) is 8. The molecule has 0 unspecified atom stereocenters. The predicted octanol–water partition coefficient (Wildman–Crippen LogP) is 3.64. The Bertz CT molecular complexity index is 1020. The largest absolute Gasteiger partial charge is 0.493 e. The Morgan fingerprint density at radius 2 is 1.72 bits per heavy atom. The molecule has 0 bridgehead atoms. The third-order valence-electron chi connectivity index (χ3n) is 4.85. The van der Waals surface area contributed by atoms with E-state index in [2.05, 4.69) is 50.3 Å². The number of nitrogens with zero attached hydrogens (tertiary/aromatic N) is 4. The molecule has 1 aliphatic heterocycles. The van der Waals surface area contributed by atoms with Gasteiger partial charge in [0, 0.05) is 30.1 Å². The second-order valence-corrected chi connectivity index (χ2v) is 6.68. The maximum Gasteiger partial charge on any atom is 0.234 e. The van der Waals surface area contributed by atoms with Crippen molar-refractivity contribution < 1.29 is 14.2 Å². The zero-order valence-electron chi connectivity index (χ0n) is 16.9. The second-order valence-electron chi connectivity index (χ2n) is 6.68. The van der Waals surface area contributed by atoms with Crippen molar-refractivity contribution in [1.29, 1.82) is 0 Å². The molecule has 3 aromatic rings. The topological polar surface area (TPSA) is 81.6 Å². The summed E-state index contributed by atoms with van der Waals surface area (Å²) >= 11 is 0. The fourth-order valence-electron chi connectivity index (χ4n) is 3.50. The zero-order valence-corrected chi connectivity index (χ0v) is 16.9. The number of aryl methyl sites for hydroxylation is 1. The van der Waals surface area contributed by atoms with Gasteiger partial charge in [-0.2, -0.15) is 4.98 Å². The van der Waals surface area contributed by atoms with E-state index in [1.165, 1.54) is 17.5 Å². The van der Waals surface area contributed by atoms with Crippen LogP contribution in [0, 0.1) is 6.92 Å². The highest BCUT2D eigenvalue weighted by Crippen LogP contribution is 2.40. The van der Waals surface area contributed by atoms with Gasteiger partial charge in [-0.05, 0) is 25.0 Å². The van der Waals surface area contributed by atoms with Crippen LogP contribution < -0.4 is 24.4 Å². The molecule has 0 spiro atoms. The van der Waals surface area contributed by atoms with Gasteiger partial charge in [-0.1, -0.05) is 17.7 Å². The molecule has 8 heteroatoms. The molecule has 0 radical (unpaired) electrons. The van der Waals surface area contributed by atoms with E-state index in [0.29, 0.717) is 34.8 Å². The molecule has 0 saturated carbocycles. The van der Waals surface area contributed by atoms with Crippen LogP contribution in [0.3, 0.4) is 0 Å². The molecular weight excluding hydrogens is 370 g/mol. The van der Waals surface area contributed by atoms with Gasteiger partial charge in [0.05, 0.1) is 21.3 Å². The number of nitrogens with one attached hydrogen (secondary N) is 1. The van der Waals surface area contributed by atoms with Gasteiger partial charge in [-0.15, -0.1) is 0 Å². The van der Waals surface area contributed by atoms with Crippen LogP contribution in [0.5, 0.6) is 17.2 Å². The first-order valence-electron chi connectivity index (χ1n) is 9.26. The van der Waals surface area contributed by atoms with Gasteiger partial charge < -0.3 is 24.4 Å². The number of benzene rings is 2. The lowest BCUT2D eigenvalue weighted by atomic mass is 10.1. The van der Waals surface area contributed by atoms with E-state index < -0.39 is 0 Å². The van der Waals surface area contributed by atoms with E-state index in [-0.39, 0.29) is 0 Å². The van der Waals surface area contributed by atoms with E-state index in [9.17, 15) is 0 Å². The fraction of sp³-hybridized carbons (Fsp3) is 0.286. The van der Waals surface area contributed by atoms with Crippen molar-refractivity contribution in [1.82, 2.24) is 15.0 Å². The summed E-state index contributed by atoms with van der Waals surface area (Å²) < 4.78 is 16.2. The molecule has 0 atom stereocenters. The molecule has 0 saturated heterocycles. The minimum absolute atomic E-state index is 0.435. The highest BCUT2D eigenvalue weighted by atomic mass is 16.5. The van der Waals surface area contributed by atoms with E-state index in [1.807, 2.05) is 0 Å². The smallest absolute Gasteiger partial charge is 0.234 e. The van der Waals surface area contributed by atoms with Crippen molar-refractivity contribution in [3.63, 3.8) is 0 Å². The Labute approximate surface area is 169 Å². The average molecular weight is 393 g/mol. The van der Waals surface area contributed by atoms with Gasteiger partial charge in [0.15, 0.2) is 11.5 Å². The van der Waals surface area contributed by atoms with Crippen molar-refractivity contribution in [2.24, 2.45) is 0 Å². The standard InChI is InChI=1S/C21H23N5O3/c1-13-5-6-16-14(9-13)7-8-26(16)21-23-12-22-20(25-21)24-15-10-17(27-2)19(29-4)18(11-15)28-3/h5-6,9-12H,7-8H2,1-4H3,(H,22,23,24,25). The summed E-state index contributed by atoms with van der Waals surface area (Å²) in [5.41, 5.74) is 4.42. The maximum atomic E-state index is 5.40. The van der Waals surface area contributed by atoms with E-state index >= 15 is 0 Å². The second kappa shape index (κ2) is 7.83. The molecule has 8 nitrogen and oxygen atoms in total. The number of anilines is 4. The molecule has 1 N–H and O–H groups in total. The zero-order chi connectivity index (χ0) is 20.4. The van der Waals surface area contributed by atoms with E-state index in [4.69, 9.17) is 14.2 Å². The van der Waals surface area contributed by atoms with Gasteiger partial charge in [0.25, 0.3) is 0 Å². The fourth-order valence-corrected chi connectivity index (χ4v) is 3.50. The van der Waals surface area contributed by atoms with Crippen LogP contribution in [0.1, 0.15) is 11.1 Å². The lowest BCUT2D eigenvalue weighted by Crippen LogP contribution is -2.17. The van der Waals surface area contributed by atoms with Crippen molar-refractivity contribution in [2.45, 2.75) is 13.3 Å². The van der Waals surface area contributed by atoms with Gasteiger partial charge in [-0.25, -0.2) is 9.97 Å².